The Bertz CT molecular complexity index is 1190. The number of benzene rings is 3. The van der Waals surface area contributed by atoms with Crippen molar-refractivity contribution in [3.63, 3.8) is 0 Å². The van der Waals surface area contributed by atoms with E-state index >= 15 is 0 Å². The summed E-state index contributed by atoms with van der Waals surface area (Å²) in [5, 5.41) is 7.84. The number of sulfonamides is 1. The Morgan fingerprint density at radius 2 is 1.37 bits per heavy atom. The Kier molecular flexibility index (Phi) is 5.92. The first-order valence-corrected chi connectivity index (χ1v) is 11.1. The molecule has 1 heterocycles. The molecule has 0 aliphatic rings. The Morgan fingerprint density at radius 1 is 0.767 bits per heavy atom. The van der Waals surface area contributed by atoms with Crippen LogP contribution in [0.4, 0.5) is 0 Å². The summed E-state index contributed by atoms with van der Waals surface area (Å²) >= 11 is 0. The normalized spacial score (nSPS) is 11.3. The fourth-order valence-corrected chi connectivity index (χ4v) is 4.09. The van der Waals surface area contributed by atoms with Crippen LogP contribution in [-0.2, 0) is 23.1 Å². The van der Waals surface area contributed by atoms with E-state index in [2.05, 4.69) is 27.4 Å². The zero-order valence-electron chi connectivity index (χ0n) is 16.3. The third-order valence-corrected chi connectivity index (χ3v) is 5.87. The average molecular weight is 419 g/mol. The highest BCUT2D eigenvalue weighted by atomic mass is 32.2. The van der Waals surface area contributed by atoms with E-state index in [1.54, 1.807) is 30.3 Å². The predicted molar refractivity (Wildman–Crippen MR) is 118 cm³/mol. The molecule has 0 aliphatic heterocycles. The van der Waals surface area contributed by atoms with Gasteiger partial charge in [-0.25, -0.2) is 0 Å². The lowest BCUT2D eigenvalue weighted by Crippen LogP contribution is -2.25. The number of hydrogen-bond donors (Lipinski definition) is 2. The SMILES string of the molecule is O=S(=O)(Nn1nc(CNCc2ccccc2)cc1-c1ccccc1)c1ccccc1. The Labute approximate surface area is 176 Å². The molecule has 0 saturated carbocycles. The maximum Gasteiger partial charge on any atom is 0.276 e. The third kappa shape index (κ3) is 4.76. The lowest BCUT2D eigenvalue weighted by atomic mass is 10.1. The molecule has 7 heteroatoms. The van der Waals surface area contributed by atoms with Gasteiger partial charge in [-0.3, -0.25) is 0 Å². The summed E-state index contributed by atoms with van der Waals surface area (Å²) in [5.74, 6) is 0. The van der Waals surface area contributed by atoms with E-state index in [-0.39, 0.29) is 4.90 Å². The topological polar surface area (TPSA) is 76.0 Å². The van der Waals surface area contributed by atoms with Crippen molar-refractivity contribution in [1.29, 1.82) is 0 Å². The lowest BCUT2D eigenvalue weighted by molar-refractivity contribution is 0.590. The van der Waals surface area contributed by atoms with E-state index in [1.807, 2.05) is 54.6 Å². The van der Waals surface area contributed by atoms with Gasteiger partial charge < -0.3 is 5.32 Å². The minimum absolute atomic E-state index is 0.184. The summed E-state index contributed by atoms with van der Waals surface area (Å²) in [5.41, 5.74) is 3.45. The fraction of sp³-hybridized carbons (Fsp3) is 0.0870. The highest BCUT2D eigenvalue weighted by Crippen LogP contribution is 2.21. The molecule has 0 aliphatic carbocycles. The molecule has 2 N–H and O–H groups in total. The summed E-state index contributed by atoms with van der Waals surface area (Å²) in [6.45, 7) is 1.21. The van der Waals surface area contributed by atoms with E-state index in [0.29, 0.717) is 18.8 Å². The summed E-state index contributed by atoms with van der Waals surface area (Å²) in [7, 11) is -3.76. The van der Waals surface area contributed by atoms with Crippen LogP contribution < -0.4 is 10.1 Å². The molecular formula is C23H22N4O2S. The molecule has 0 unspecified atom stereocenters. The van der Waals surface area contributed by atoms with Gasteiger partial charge in [0.2, 0.25) is 0 Å². The molecule has 1 aromatic heterocycles. The molecule has 3 aromatic carbocycles. The molecule has 4 rings (SSSR count). The van der Waals surface area contributed by atoms with Crippen molar-refractivity contribution in [1.82, 2.24) is 15.2 Å². The number of rotatable bonds is 8. The van der Waals surface area contributed by atoms with E-state index in [0.717, 1.165) is 11.3 Å². The Hall–Kier alpha value is -3.42. The van der Waals surface area contributed by atoms with Gasteiger partial charge in [0.05, 0.1) is 16.3 Å². The monoisotopic (exact) mass is 418 g/mol. The number of aromatic nitrogens is 2. The fourth-order valence-electron chi connectivity index (χ4n) is 3.10. The van der Waals surface area contributed by atoms with Crippen molar-refractivity contribution in [3.8, 4) is 11.3 Å². The van der Waals surface area contributed by atoms with E-state index in [9.17, 15) is 8.42 Å². The quantitative estimate of drug-likeness (QED) is 0.457. The summed E-state index contributed by atoms with van der Waals surface area (Å²) in [6, 6.07) is 29.8. The van der Waals surface area contributed by atoms with Crippen molar-refractivity contribution < 1.29 is 8.42 Å². The van der Waals surface area contributed by atoms with E-state index in [1.165, 1.54) is 10.4 Å². The van der Waals surface area contributed by atoms with Crippen molar-refractivity contribution in [2.75, 3.05) is 4.83 Å². The van der Waals surface area contributed by atoms with Gasteiger partial charge in [0, 0.05) is 18.7 Å². The number of nitrogens with zero attached hydrogens (tertiary/aromatic N) is 2. The third-order valence-electron chi connectivity index (χ3n) is 4.57. The van der Waals surface area contributed by atoms with Crippen LogP contribution in [0, 0.1) is 0 Å². The maximum absolute atomic E-state index is 12.8. The second-order valence-corrected chi connectivity index (χ2v) is 8.46. The van der Waals surface area contributed by atoms with E-state index < -0.39 is 10.0 Å². The van der Waals surface area contributed by atoms with Gasteiger partial charge in [-0.15, -0.1) is 0 Å². The van der Waals surface area contributed by atoms with Gasteiger partial charge in [-0.1, -0.05) is 78.9 Å². The second kappa shape index (κ2) is 8.94. The minimum Gasteiger partial charge on any atom is -0.307 e. The van der Waals surface area contributed by atoms with Crippen molar-refractivity contribution in [2.45, 2.75) is 18.0 Å². The first-order chi connectivity index (χ1) is 14.6. The standard InChI is InChI=1S/C23H22N4O2S/c28-30(29,22-14-8-3-9-15-22)26-27-23(20-12-6-2-7-13-20)16-21(25-27)18-24-17-19-10-4-1-5-11-19/h1-16,24,26H,17-18H2. The van der Waals surface area contributed by atoms with Crippen molar-refractivity contribution >= 4 is 10.0 Å². The zero-order valence-corrected chi connectivity index (χ0v) is 17.1. The Morgan fingerprint density at radius 3 is 2.03 bits per heavy atom. The van der Waals surface area contributed by atoms with Crippen LogP contribution in [0.1, 0.15) is 11.3 Å². The highest BCUT2D eigenvalue weighted by molar-refractivity contribution is 7.92. The largest absolute Gasteiger partial charge is 0.307 e. The second-order valence-electron chi connectivity index (χ2n) is 6.80. The zero-order chi connectivity index (χ0) is 20.8. The maximum atomic E-state index is 12.8. The molecule has 6 nitrogen and oxygen atoms in total. The number of hydrogen-bond acceptors (Lipinski definition) is 4. The van der Waals surface area contributed by atoms with Crippen LogP contribution in [-0.4, -0.2) is 18.3 Å². The lowest BCUT2D eigenvalue weighted by Gasteiger charge is -2.11. The molecule has 30 heavy (non-hydrogen) atoms. The molecule has 0 atom stereocenters. The Balaban J connectivity index is 1.58. The van der Waals surface area contributed by atoms with Crippen LogP contribution in [0.3, 0.4) is 0 Å². The van der Waals surface area contributed by atoms with E-state index in [4.69, 9.17) is 0 Å². The van der Waals surface area contributed by atoms with Crippen LogP contribution in [0.2, 0.25) is 0 Å². The van der Waals surface area contributed by atoms with Gasteiger partial charge >= 0.3 is 0 Å². The highest BCUT2D eigenvalue weighted by Gasteiger charge is 2.18. The first kappa shape index (κ1) is 19.9. The first-order valence-electron chi connectivity index (χ1n) is 9.59. The van der Waals surface area contributed by atoms with Crippen molar-refractivity contribution in [2.24, 2.45) is 0 Å². The van der Waals surface area contributed by atoms with Crippen LogP contribution in [0.25, 0.3) is 11.3 Å². The predicted octanol–water partition coefficient (Wildman–Crippen LogP) is 3.77. The molecular weight excluding hydrogens is 396 g/mol. The molecule has 0 bridgehead atoms. The van der Waals surface area contributed by atoms with Gasteiger partial charge in [0.25, 0.3) is 10.0 Å². The molecule has 0 amide bonds. The van der Waals surface area contributed by atoms with Crippen LogP contribution >= 0.6 is 0 Å². The summed E-state index contributed by atoms with van der Waals surface area (Å²) in [4.78, 5) is 4.09. The van der Waals surface area contributed by atoms with Gasteiger partial charge in [-0.2, -0.15) is 23.1 Å². The van der Waals surface area contributed by atoms with Crippen molar-refractivity contribution in [3.05, 3.63) is 108 Å². The van der Waals surface area contributed by atoms with Gasteiger partial charge in [-0.05, 0) is 23.8 Å². The minimum atomic E-state index is -3.76. The molecule has 0 radical (unpaired) electrons. The molecule has 0 saturated heterocycles. The smallest absolute Gasteiger partial charge is 0.276 e. The molecule has 4 aromatic rings. The number of nitrogens with one attached hydrogen (secondary N) is 2. The van der Waals surface area contributed by atoms with Gasteiger partial charge in [0.1, 0.15) is 0 Å². The van der Waals surface area contributed by atoms with Crippen LogP contribution in [0.5, 0.6) is 0 Å². The molecule has 0 spiro atoms. The summed E-state index contributed by atoms with van der Waals surface area (Å²) < 4.78 is 25.6. The summed E-state index contributed by atoms with van der Waals surface area (Å²) in [6.07, 6.45) is 0. The van der Waals surface area contributed by atoms with Gasteiger partial charge in [0.15, 0.2) is 0 Å². The molecule has 152 valence electrons. The average Bonchev–Trinajstić information content (AvgIpc) is 3.17. The molecule has 0 fully saturated rings. The van der Waals surface area contributed by atoms with Crippen LogP contribution in [0.15, 0.2) is 102 Å².